The Bertz CT molecular complexity index is 231. The molecule has 0 radical (unpaired) electrons. The molecule has 0 bridgehead atoms. The van der Waals surface area contributed by atoms with E-state index in [0.717, 1.165) is 25.7 Å². The van der Waals surface area contributed by atoms with Crippen LogP contribution in [-0.4, -0.2) is 12.3 Å². The van der Waals surface area contributed by atoms with Crippen LogP contribution in [0.5, 0.6) is 0 Å². The lowest BCUT2D eigenvalue weighted by molar-refractivity contribution is 0.516. The summed E-state index contributed by atoms with van der Waals surface area (Å²) in [6.45, 7) is 3.95. The summed E-state index contributed by atoms with van der Waals surface area (Å²) in [6.07, 6.45) is 7.38. The predicted octanol–water partition coefficient (Wildman–Crippen LogP) is 1.31. The Morgan fingerprint density at radius 1 is 1.46 bits per heavy atom. The number of aliphatic imine (C=N–C) groups is 1. The van der Waals surface area contributed by atoms with E-state index >= 15 is 0 Å². The average Bonchev–Trinajstić information content (AvgIpc) is 2.16. The van der Waals surface area contributed by atoms with Gasteiger partial charge < -0.3 is 11.5 Å². The number of allylic oxidation sites excluding steroid dienone is 2. The molecular weight excluding hydrogens is 162 g/mol. The second-order valence-corrected chi connectivity index (χ2v) is 3.43. The molecule has 0 aliphatic heterocycles. The molecule has 4 N–H and O–H groups in total. The number of hydrogen-bond acceptors (Lipinski definition) is 3. The Morgan fingerprint density at radius 2 is 2.08 bits per heavy atom. The maximum Gasteiger partial charge on any atom is 0.0653 e. The first kappa shape index (κ1) is 9.84. The molecule has 1 rings (SSSR count). The second kappa shape index (κ2) is 4.70. The zero-order valence-electron chi connectivity index (χ0n) is 7.87. The standard InChI is InChI=1S/C10H17N3/c1-8-2-4-10(5-3-8)13-7-9(12)6-11/h6-7,10H,1-5,11-12H2/b9-6+,13-7?. The van der Waals surface area contributed by atoms with Gasteiger partial charge in [-0.3, -0.25) is 4.99 Å². The van der Waals surface area contributed by atoms with E-state index in [-0.39, 0.29) is 0 Å². The lowest BCUT2D eigenvalue weighted by atomic mass is 9.92. The van der Waals surface area contributed by atoms with Crippen molar-refractivity contribution >= 4 is 6.21 Å². The molecule has 1 aliphatic carbocycles. The van der Waals surface area contributed by atoms with Gasteiger partial charge in [0.15, 0.2) is 0 Å². The molecular formula is C10H17N3. The third-order valence-corrected chi connectivity index (χ3v) is 2.29. The van der Waals surface area contributed by atoms with Crippen molar-refractivity contribution in [2.24, 2.45) is 16.5 Å². The molecule has 3 nitrogen and oxygen atoms in total. The molecule has 3 heteroatoms. The first-order chi connectivity index (χ1) is 6.22. The number of nitrogens with zero attached hydrogens (tertiary/aromatic N) is 1. The number of rotatable bonds is 2. The fourth-order valence-electron chi connectivity index (χ4n) is 1.39. The summed E-state index contributed by atoms with van der Waals surface area (Å²) >= 11 is 0. The van der Waals surface area contributed by atoms with Gasteiger partial charge in [-0.2, -0.15) is 0 Å². The van der Waals surface area contributed by atoms with Crippen molar-refractivity contribution in [1.82, 2.24) is 0 Å². The van der Waals surface area contributed by atoms with Gasteiger partial charge in [-0.15, -0.1) is 0 Å². The lowest BCUT2D eigenvalue weighted by Gasteiger charge is -2.19. The Hall–Kier alpha value is -1.25. The fourth-order valence-corrected chi connectivity index (χ4v) is 1.39. The zero-order chi connectivity index (χ0) is 9.68. The molecule has 0 unspecified atom stereocenters. The van der Waals surface area contributed by atoms with Crippen LogP contribution in [0, 0.1) is 0 Å². The molecule has 0 atom stereocenters. The van der Waals surface area contributed by atoms with Crippen molar-refractivity contribution in [3.05, 3.63) is 24.0 Å². The van der Waals surface area contributed by atoms with E-state index in [1.165, 1.54) is 11.8 Å². The molecule has 13 heavy (non-hydrogen) atoms. The van der Waals surface area contributed by atoms with Crippen molar-refractivity contribution in [1.29, 1.82) is 0 Å². The van der Waals surface area contributed by atoms with E-state index in [0.29, 0.717) is 11.7 Å². The maximum absolute atomic E-state index is 5.49. The fraction of sp³-hybridized carbons (Fsp3) is 0.500. The highest BCUT2D eigenvalue weighted by molar-refractivity contribution is 5.77. The van der Waals surface area contributed by atoms with Crippen molar-refractivity contribution in [3.63, 3.8) is 0 Å². The van der Waals surface area contributed by atoms with Gasteiger partial charge in [-0.1, -0.05) is 12.2 Å². The molecule has 0 aromatic carbocycles. The predicted molar refractivity (Wildman–Crippen MR) is 56.3 cm³/mol. The van der Waals surface area contributed by atoms with E-state index in [4.69, 9.17) is 11.5 Å². The van der Waals surface area contributed by atoms with Gasteiger partial charge >= 0.3 is 0 Å². The smallest absolute Gasteiger partial charge is 0.0653 e. The average molecular weight is 179 g/mol. The summed E-state index contributed by atoms with van der Waals surface area (Å²) in [5.74, 6) is 0. The minimum Gasteiger partial charge on any atom is -0.403 e. The molecule has 0 amide bonds. The van der Waals surface area contributed by atoms with Gasteiger partial charge in [-0.25, -0.2) is 0 Å². The van der Waals surface area contributed by atoms with Gasteiger partial charge in [-0.05, 0) is 25.7 Å². The van der Waals surface area contributed by atoms with Crippen LogP contribution in [0.4, 0.5) is 0 Å². The lowest BCUT2D eigenvalue weighted by Crippen LogP contribution is -2.12. The summed E-state index contributed by atoms with van der Waals surface area (Å²) in [5, 5.41) is 0. The Morgan fingerprint density at radius 3 is 2.62 bits per heavy atom. The maximum atomic E-state index is 5.49. The minimum atomic E-state index is 0.406. The van der Waals surface area contributed by atoms with Gasteiger partial charge in [0.05, 0.1) is 11.7 Å². The van der Waals surface area contributed by atoms with Gasteiger partial charge in [0, 0.05) is 12.4 Å². The van der Waals surface area contributed by atoms with Crippen molar-refractivity contribution < 1.29 is 0 Å². The molecule has 0 heterocycles. The van der Waals surface area contributed by atoms with Crippen LogP contribution in [0.25, 0.3) is 0 Å². The summed E-state index contributed by atoms with van der Waals surface area (Å²) in [5.41, 5.74) is 12.6. The normalized spacial score (nSPS) is 21.2. The first-order valence-electron chi connectivity index (χ1n) is 4.59. The molecule has 0 spiro atoms. The van der Waals surface area contributed by atoms with Crippen LogP contribution in [0.2, 0.25) is 0 Å². The molecule has 1 fully saturated rings. The van der Waals surface area contributed by atoms with Crippen molar-refractivity contribution in [3.8, 4) is 0 Å². The topological polar surface area (TPSA) is 64.4 Å². The highest BCUT2D eigenvalue weighted by atomic mass is 14.8. The molecule has 0 aromatic rings. The van der Waals surface area contributed by atoms with Gasteiger partial charge in [0.25, 0.3) is 0 Å². The zero-order valence-corrected chi connectivity index (χ0v) is 7.87. The molecule has 1 saturated carbocycles. The van der Waals surface area contributed by atoms with Crippen LogP contribution in [0.1, 0.15) is 25.7 Å². The summed E-state index contributed by atoms with van der Waals surface area (Å²) in [7, 11) is 0. The Kier molecular flexibility index (Phi) is 3.55. The highest BCUT2D eigenvalue weighted by Gasteiger charge is 2.13. The van der Waals surface area contributed by atoms with E-state index in [1.807, 2.05) is 0 Å². The highest BCUT2D eigenvalue weighted by Crippen LogP contribution is 2.23. The van der Waals surface area contributed by atoms with E-state index in [2.05, 4.69) is 11.6 Å². The molecule has 72 valence electrons. The van der Waals surface area contributed by atoms with E-state index < -0.39 is 0 Å². The van der Waals surface area contributed by atoms with E-state index in [1.54, 1.807) is 6.21 Å². The van der Waals surface area contributed by atoms with Crippen molar-refractivity contribution in [2.45, 2.75) is 31.7 Å². The Labute approximate surface area is 79.2 Å². The van der Waals surface area contributed by atoms with Crippen LogP contribution in [0.15, 0.2) is 29.0 Å². The van der Waals surface area contributed by atoms with Crippen LogP contribution in [-0.2, 0) is 0 Å². The third kappa shape index (κ3) is 3.32. The number of nitrogens with two attached hydrogens (primary N) is 2. The van der Waals surface area contributed by atoms with E-state index in [9.17, 15) is 0 Å². The van der Waals surface area contributed by atoms with Gasteiger partial charge in [0.2, 0.25) is 0 Å². The van der Waals surface area contributed by atoms with Crippen molar-refractivity contribution in [2.75, 3.05) is 0 Å². The van der Waals surface area contributed by atoms with Gasteiger partial charge in [0.1, 0.15) is 0 Å². The summed E-state index contributed by atoms with van der Waals surface area (Å²) in [6, 6.07) is 0.406. The molecule has 0 aromatic heterocycles. The minimum absolute atomic E-state index is 0.406. The largest absolute Gasteiger partial charge is 0.403 e. The third-order valence-electron chi connectivity index (χ3n) is 2.29. The quantitative estimate of drug-likeness (QED) is 0.496. The van der Waals surface area contributed by atoms with Crippen LogP contribution < -0.4 is 11.5 Å². The molecule has 0 saturated heterocycles. The van der Waals surface area contributed by atoms with Crippen LogP contribution in [0.3, 0.4) is 0 Å². The SMILES string of the molecule is C=C1CCC(N=C/C(N)=C\N)CC1. The summed E-state index contributed by atoms with van der Waals surface area (Å²) < 4.78 is 0. The Balaban J connectivity index is 2.38. The second-order valence-electron chi connectivity index (χ2n) is 3.43. The van der Waals surface area contributed by atoms with Crippen LogP contribution >= 0.6 is 0 Å². The molecule has 1 aliphatic rings. The number of hydrogen-bond donors (Lipinski definition) is 2. The first-order valence-corrected chi connectivity index (χ1v) is 4.59. The summed E-state index contributed by atoms with van der Waals surface area (Å²) in [4.78, 5) is 4.35. The monoisotopic (exact) mass is 179 g/mol.